The summed E-state index contributed by atoms with van der Waals surface area (Å²) >= 11 is 1.63. The van der Waals surface area contributed by atoms with Gasteiger partial charge in [0.15, 0.2) is 11.5 Å². The van der Waals surface area contributed by atoms with Crippen LogP contribution in [0, 0.1) is 0 Å². The first-order valence-electron chi connectivity index (χ1n) is 11.0. The third kappa shape index (κ3) is 4.86. The van der Waals surface area contributed by atoms with Gasteiger partial charge in [0.25, 0.3) is 0 Å². The summed E-state index contributed by atoms with van der Waals surface area (Å²) in [5.41, 5.74) is 4.32. The number of amides is 2. The van der Waals surface area contributed by atoms with Gasteiger partial charge in [0.2, 0.25) is 0 Å². The number of ether oxygens (including phenoxy) is 2. The van der Waals surface area contributed by atoms with Gasteiger partial charge in [-0.25, -0.2) is 0 Å². The summed E-state index contributed by atoms with van der Waals surface area (Å²) in [5, 5.41) is 9.62. The van der Waals surface area contributed by atoms with Gasteiger partial charge in [0, 0.05) is 31.4 Å². The van der Waals surface area contributed by atoms with Gasteiger partial charge in [0.1, 0.15) is 13.2 Å². The van der Waals surface area contributed by atoms with Crippen LogP contribution in [0.5, 0.6) is 11.5 Å². The van der Waals surface area contributed by atoms with E-state index in [-0.39, 0.29) is 6.04 Å². The van der Waals surface area contributed by atoms with Crippen LogP contribution in [0.3, 0.4) is 0 Å². The molecule has 1 atom stereocenters. The van der Waals surface area contributed by atoms with Gasteiger partial charge in [-0.1, -0.05) is 24.3 Å². The van der Waals surface area contributed by atoms with Crippen molar-refractivity contribution >= 4 is 28.8 Å². The van der Waals surface area contributed by atoms with Gasteiger partial charge in [0.05, 0.1) is 6.04 Å². The minimum atomic E-state index is -0.709. The molecule has 1 aromatic heterocycles. The van der Waals surface area contributed by atoms with Crippen LogP contribution in [-0.2, 0) is 22.6 Å². The summed E-state index contributed by atoms with van der Waals surface area (Å²) in [6, 6.07) is 15.6. The maximum Gasteiger partial charge on any atom is 0.313 e. The predicted molar refractivity (Wildman–Crippen MR) is 127 cm³/mol. The zero-order valence-electron chi connectivity index (χ0n) is 18.1. The van der Waals surface area contributed by atoms with Crippen LogP contribution < -0.4 is 20.1 Å². The lowest BCUT2D eigenvalue weighted by atomic mass is 9.97. The Bertz CT molecular complexity index is 1150. The summed E-state index contributed by atoms with van der Waals surface area (Å²) in [4.78, 5) is 27.5. The molecule has 8 heteroatoms. The van der Waals surface area contributed by atoms with Crippen LogP contribution in [0.2, 0.25) is 0 Å². The van der Waals surface area contributed by atoms with E-state index in [0.29, 0.717) is 36.9 Å². The molecule has 170 valence electrons. The van der Waals surface area contributed by atoms with E-state index in [0.717, 1.165) is 25.1 Å². The van der Waals surface area contributed by atoms with Gasteiger partial charge in [-0.15, -0.1) is 0 Å². The van der Waals surface area contributed by atoms with E-state index < -0.39 is 11.8 Å². The Morgan fingerprint density at radius 2 is 1.82 bits per heavy atom. The third-order valence-electron chi connectivity index (χ3n) is 5.99. The Hall–Kier alpha value is -3.36. The number of nitrogens with zero attached hydrogens (tertiary/aromatic N) is 1. The second-order valence-corrected chi connectivity index (χ2v) is 8.86. The summed E-state index contributed by atoms with van der Waals surface area (Å²) in [5.74, 6) is -0.185. The van der Waals surface area contributed by atoms with E-state index in [1.807, 2.05) is 5.38 Å². The number of hydrogen-bond donors (Lipinski definition) is 2. The van der Waals surface area contributed by atoms with Gasteiger partial charge < -0.3 is 20.1 Å². The molecule has 0 aliphatic carbocycles. The summed E-state index contributed by atoms with van der Waals surface area (Å²) < 4.78 is 11.0. The van der Waals surface area contributed by atoms with Crippen molar-refractivity contribution in [2.24, 2.45) is 0 Å². The summed E-state index contributed by atoms with van der Waals surface area (Å²) in [6.45, 7) is 3.02. The summed E-state index contributed by atoms with van der Waals surface area (Å²) in [7, 11) is 0. The molecule has 7 nitrogen and oxygen atoms in total. The molecule has 2 aliphatic heterocycles. The van der Waals surface area contributed by atoms with Crippen LogP contribution in [-0.4, -0.2) is 43.0 Å². The van der Waals surface area contributed by atoms with Crippen molar-refractivity contribution in [3.8, 4) is 11.5 Å². The molecule has 0 bridgehead atoms. The molecule has 0 unspecified atom stereocenters. The largest absolute Gasteiger partial charge is 0.486 e. The Kier molecular flexibility index (Phi) is 6.28. The van der Waals surface area contributed by atoms with E-state index in [2.05, 4.69) is 51.2 Å². The molecule has 33 heavy (non-hydrogen) atoms. The van der Waals surface area contributed by atoms with Crippen molar-refractivity contribution in [3.05, 3.63) is 76.0 Å². The minimum Gasteiger partial charge on any atom is -0.486 e. The quantitative estimate of drug-likeness (QED) is 0.567. The highest BCUT2D eigenvalue weighted by molar-refractivity contribution is 7.08. The highest BCUT2D eigenvalue weighted by atomic mass is 32.1. The molecule has 2 aliphatic rings. The molecular weight excluding hydrogens is 438 g/mol. The van der Waals surface area contributed by atoms with Gasteiger partial charge in [-0.2, -0.15) is 11.3 Å². The monoisotopic (exact) mass is 463 g/mol. The molecule has 2 N–H and O–H groups in total. The van der Waals surface area contributed by atoms with Crippen molar-refractivity contribution in [2.45, 2.75) is 19.0 Å². The lowest BCUT2D eigenvalue weighted by molar-refractivity contribution is -0.136. The standard InChI is InChI=1S/C25H25N3O4S/c29-24(25(30)27-20-5-6-22-23(13-20)32-11-10-31-22)26-14-21(19-8-12-33-16-19)28-9-7-17-3-1-2-4-18(17)15-28/h1-6,8,12-13,16,21H,7,9-11,14-15H2,(H,26,29)(H,27,30)/t21-/m1/s1. The maximum atomic E-state index is 12.6. The number of nitrogens with one attached hydrogen (secondary N) is 2. The Labute approximate surface area is 196 Å². The van der Waals surface area contributed by atoms with Crippen molar-refractivity contribution in [1.29, 1.82) is 0 Å². The van der Waals surface area contributed by atoms with E-state index in [4.69, 9.17) is 9.47 Å². The van der Waals surface area contributed by atoms with E-state index >= 15 is 0 Å². The van der Waals surface area contributed by atoms with Crippen molar-refractivity contribution in [1.82, 2.24) is 10.2 Å². The van der Waals surface area contributed by atoms with Gasteiger partial charge in [-0.3, -0.25) is 14.5 Å². The fraction of sp³-hybridized carbons (Fsp3) is 0.280. The van der Waals surface area contributed by atoms with Crippen LogP contribution in [0.1, 0.15) is 22.7 Å². The average Bonchev–Trinajstić information content (AvgIpc) is 3.38. The zero-order valence-corrected chi connectivity index (χ0v) is 18.9. The number of carbonyl (C=O) groups is 2. The molecule has 2 aromatic carbocycles. The third-order valence-corrected chi connectivity index (χ3v) is 6.69. The van der Waals surface area contributed by atoms with Crippen molar-refractivity contribution < 1.29 is 19.1 Å². The molecule has 2 amide bonds. The van der Waals surface area contributed by atoms with Crippen molar-refractivity contribution in [3.63, 3.8) is 0 Å². The second-order valence-electron chi connectivity index (χ2n) is 8.08. The molecule has 0 radical (unpaired) electrons. The van der Waals surface area contributed by atoms with Crippen LogP contribution in [0.15, 0.2) is 59.3 Å². The number of hydrogen-bond acceptors (Lipinski definition) is 6. The lowest BCUT2D eigenvalue weighted by Gasteiger charge is -2.35. The topological polar surface area (TPSA) is 79.9 Å². The van der Waals surface area contributed by atoms with Gasteiger partial charge >= 0.3 is 11.8 Å². The van der Waals surface area contributed by atoms with Crippen molar-refractivity contribution in [2.75, 3.05) is 31.6 Å². The average molecular weight is 464 g/mol. The Morgan fingerprint density at radius 3 is 2.64 bits per heavy atom. The molecule has 3 aromatic rings. The molecule has 0 saturated heterocycles. The number of thiophene rings is 1. The molecule has 0 saturated carbocycles. The van der Waals surface area contributed by atoms with Crippen LogP contribution in [0.25, 0.3) is 0 Å². The number of anilines is 1. The number of fused-ring (bicyclic) bond motifs is 2. The van der Waals surface area contributed by atoms with E-state index in [1.54, 1.807) is 29.5 Å². The minimum absolute atomic E-state index is 0.00403. The highest BCUT2D eigenvalue weighted by Crippen LogP contribution is 2.32. The predicted octanol–water partition coefficient (Wildman–Crippen LogP) is 3.37. The first kappa shape index (κ1) is 21.5. The smallest absolute Gasteiger partial charge is 0.313 e. The first-order valence-corrected chi connectivity index (χ1v) is 11.9. The molecular formula is C25H25N3O4S. The number of carbonyl (C=O) groups excluding carboxylic acids is 2. The SMILES string of the molecule is O=C(NC[C@H](c1ccsc1)N1CCc2ccccc2C1)C(=O)Nc1ccc2c(c1)OCCO2. The first-order chi connectivity index (χ1) is 16.2. The van der Waals surface area contributed by atoms with Crippen LogP contribution in [0.4, 0.5) is 5.69 Å². The Balaban J connectivity index is 1.23. The normalized spacial score (nSPS) is 15.9. The van der Waals surface area contributed by atoms with E-state index in [1.165, 1.54) is 11.1 Å². The fourth-order valence-electron chi connectivity index (χ4n) is 4.28. The highest BCUT2D eigenvalue weighted by Gasteiger charge is 2.26. The zero-order chi connectivity index (χ0) is 22.6. The van der Waals surface area contributed by atoms with E-state index in [9.17, 15) is 9.59 Å². The fourth-order valence-corrected chi connectivity index (χ4v) is 4.99. The number of rotatable bonds is 5. The second kappa shape index (κ2) is 9.64. The van der Waals surface area contributed by atoms with Crippen LogP contribution >= 0.6 is 11.3 Å². The Morgan fingerprint density at radius 1 is 1.00 bits per heavy atom. The lowest BCUT2D eigenvalue weighted by Crippen LogP contribution is -2.43. The molecule has 5 rings (SSSR count). The number of benzene rings is 2. The maximum absolute atomic E-state index is 12.6. The molecule has 0 fully saturated rings. The molecule has 0 spiro atoms. The summed E-state index contributed by atoms with van der Waals surface area (Å²) in [6.07, 6.45) is 0.968. The van der Waals surface area contributed by atoms with Gasteiger partial charge in [-0.05, 0) is 52.1 Å². The molecule has 3 heterocycles.